The summed E-state index contributed by atoms with van der Waals surface area (Å²) in [5.41, 5.74) is 4.04. The van der Waals surface area contributed by atoms with Crippen LogP contribution in [0.25, 0.3) is 5.76 Å². The van der Waals surface area contributed by atoms with Gasteiger partial charge in [-0.2, -0.15) is 0 Å². The maximum atomic E-state index is 12.0. The zero-order chi connectivity index (χ0) is 16.5. The smallest absolute Gasteiger partial charge is 0.152 e. The number of hydrogen-bond donors (Lipinski definition) is 0. The number of ether oxygens (including phenoxy) is 1. The Morgan fingerprint density at radius 1 is 0.958 bits per heavy atom. The van der Waals surface area contributed by atoms with E-state index in [9.17, 15) is 4.79 Å². The average molecular weight is 332 g/mol. The quantitative estimate of drug-likeness (QED) is 0.617. The number of benzene rings is 2. The van der Waals surface area contributed by atoms with E-state index in [2.05, 4.69) is 19.1 Å². The lowest BCUT2D eigenvalue weighted by Crippen LogP contribution is -2.17. The van der Waals surface area contributed by atoms with E-state index in [4.69, 9.17) is 4.74 Å². The molecule has 0 amide bonds. The second-order valence-corrected chi connectivity index (χ2v) is 6.76. The molecular weight excluding hydrogens is 316 g/mol. The van der Waals surface area contributed by atoms with Crippen molar-refractivity contribution in [2.45, 2.75) is 12.8 Å². The number of thiophene rings is 1. The van der Waals surface area contributed by atoms with Gasteiger partial charge in [0, 0.05) is 17.1 Å². The Bertz CT molecular complexity index is 923. The van der Waals surface area contributed by atoms with Crippen LogP contribution < -0.4 is 4.74 Å². The van der Waals surface area contributed by atoms with Gasteiger partial charge in [-0.15, -0.1) is 11.3 Å². The molecule has 0 fully saturated rings. The summed E-state index contributed by atoms with van der Waals surface area (Å²) in [6.07, 6.45) is 0.947. The number of carbonyl (C=O) groups is 1. The average Bonchev–Trinajstić information content (AvgIpc) is 3.15. The van der Waals surface area contributed by atoms with Crippen LogP contribution in [-0.4, -0.2) is 6.29 Å². The fourth-order valence-corrected chi connectivity index (χ4v) is 3.97. The first-order chi connectivity index (χ1) is 11.8. The lowest BCUT2D eigenvalue weighted by atomic mass is 9.81. The predicted molar refractivity (Wildman–Crippen MR) is 97.4 cm³/mol. The van der Waals surface area contributed by atoms with E-state index in [0.29, 0.717) is 11.3 Å². The number of para-hydroxylation sites is 1. The molecule has 1 aliphatic rings. The Hall–Kier alpha value is -2.65. The maximum absolute atomic E-state index is 12.0. The lowest BCUT2D eigenvalue weighted by Gasteiger charge is -2.29. The molecule has 0 radical (unpaired) electrons. The monoisotopic (exact) mass is 332 g/mol. The highest BCUT2D eigenvalue weighted by atomic mass is 32.1. The van der Waals surface area contributed by atoms with Crippen LogP contribution in [0.2, 0.25) is 0 Å². The summed E-state index contributed by atoms with van der Waals surface area (Å²) >= 11 is 1.58. The number of fused-ring (bicyclic) bond motifs is 1. The van der Waals surface area contributed by atoms with E-state index in [0.717, 1.165) is 28.0 Å². The standard InChI is InChI=1S/C21H16O2S/c1-14-7-2-3-8-15(14)20-16-9-4-5-10-18(16)23-21(17(20)13-22)19-11-6-12-24-19/h2-13,20H,1H3/t20-/m1/s1. The van der Waals surface area contributed by atoms with Crippen LogP contribution in [0.3, 0.4) is 0 Å². The fraction of sp³-hybridized carbons (Fsp3) is 0.0952. The van der Waals surface area contributed by atoms with Gasteiger partial charge in [0.15, 0.2) is 12.0 Å². The summed E-state index contributed by atoms with van der Waals surface area (Å²) in [6.45, 7) is 2.08. The SMILES string of the molecule is Cc1ccccc1[C@H]1C(C=O)=C(c2cccs2)Oc2ccccc21. The van der Waals surface area contributed by atoms with E-state index in [-0.39, 0.29) is 5.92 Å². The van der Waals surface area contributed by atoms with E-state index < -0.39 is 0 Å². The first-order valence-corrected chi connectivity index (χ1v) is 8.73. The Morgan fingerprint density at radius 3 is 2.42 bits per heavy atom. The molecule has 0 spiro atoms. The van der Waals surface area contributed by atoms with Crippen LogP contribution in [0.4, 0.5) is 0 Å². The van der Waals surface area contributed by atoms with E-state index in [1.807, 2.05) is 53.9 Å². The number of allylic oxidation sites excluding steroid dienone is 1. The van der Waals surface area contributed by atoms with Crippen LogP contribution in [0.5, 0.6) is 5.75 Å². The molecule has 118 valence electrons. The van der Waals surface area contributed by atoms with Crippen LogP contribution in [0, 0.1) is 6.92 Å². The van der Waals surface area contributed by atoms with Gasteiger partial charge >= 0.3 is 0 Å². The Kier molecular flexibility index (Phi) is 3.79. The highest BCUT2D eigenvalue weighted by Crippen LogP contribution is 2.46. The first-order valence-electron chi connectivity index (χ1n) is 7.85. The van der Waals surface area contributed by atoms with Crippen LogP contribution in [-0.2, 0) is 4.79 Å². The molecule has 0 unspecified atom stereocenters. The Labute approximate surface area is 145 Å². The minimum absolute atomic E-state index is 0.106. The van der Waals surface area contributed by atoms with Crippen LogP contribution >= 0.6 is 11.3 Å². The van der Waals surface area contributed by atoms with Crippen molar-refractivity contribution < 1.29 is 9.53 Å². The molecule has 0 saturated carbocycles. The zero-order valence-corrected chi connectivity index (χ0v) is 14.0. The molecule has 1 aliphatic heterocycles. The molecule has 2 aromatic carbocycles. The molecule has 1 atom stereocenters. The van der Waals surface area contributed by atoms with Gasteiger partial charge in [-0.05, 0) is 35.6 Å². The van der Waals surface area contributed by atoms with Crippen molar-refractivity contribution >= 4 is 23.4 Å². The summed E-state index contributed by atoms with van der Waals surface area (Å²) in [5, 5.41) is 2.00. The molecule has 0 N–H and O–H groups in total. The molecule has 4 rings (SSSR count). The molecule has 3 heteroatoms. The number of hydrogen-bond acceptors (Lipinski definition) is 3. The second-order valence-electron chi connectivity index (χ2n) is 5.81. The molecule has 2 heterocycles. The van der Waals surface area contributed by atoms with Gasteiger partial charge in [0.2, 0.25) is 0 Å². The van der Waals surface area contributed by atoms with E-state index >= 15 is 0 Å². The first kappa shape index (κ1) is 14.9. The number of rotatable bonds is 3. The molecule has 1 aromatic heterocycles. The minimum atomic E-state index is -0.106. The van der Waals surface area contributed by atoms with Crippen molar-refractivity contribution in [1.82, 2.24) is 0 Å². The molecule has 2 nitrogen and oxygen atoms in total. The molecule has 3 aromatic rings. The number of carbonyl (C=O) groups excluding carboxylic acids is 1. The summed E-state index contributed by atoms with van der Waals surface area (Å²) in [5.74, 6) is 1.39. The summed E-state index contributed by atoms with van der Waals surface area (Å²) in [7, 11) is 0. The van der Waals surface area contributed by atoms with Gasteiger partial charge in [-0.25, -0.2) is 0 Å². The van der Waals surface area contributed by atoms with Crippen molar-refractivity contribution in [2.24, 2.45) is 0 Å². The topological polar surface area (TPSA) is 26.3 Å². The number of aldehydes is 1. The van der Waals surface area contributed by atoms with E-state index in [1.165, 1.54) is 5.56 Å². The number of aryl methyl sites for hydroxylation is 1. The van der Waals surface area contributed by atoms with Gasteiger partial charge in [0.1, 0.15) is 5.75 Å². The highest BCUT2D eigenvalue weighted by molar-refractivity contribution is 7.11. The lowest BCUT2D eigenvalue weighted by molar-refractivity contribution is -0.105. The maximum Gasteiger partial charge on any atom is 0.152 e. The molecule has 24 heavy (non-hydrogen) atoms. The summed E-state index contributed by atoms with van der Waals surface area (Å²) < 4.78 is 6.13. The second kappa shape index (κ2) is 6.10. The van der Waals surface area contributed by atoms with Gasteiger partial charge in [-0.1, -0.05) is 48.5 Å². The van der Waals surface area contributed by atoms with Gasteiger partial charge in [-0.3, -0.25) is 4.79 Å². The van der Waals surface area contributed by atoms with Crippen molar-refractivity contribution in [3.05, 3.63) is 93.2 Å². The fourth-order valence-electron chi connectivity index (χ4n) is 3.25. The molecule has 0 saturated heterocycles. The van der Waals surface area contributed by atoms with E-state index in [1.54, 1.807) is 11.3 Å². The third kappa shape index (κ3) is 2.38. The van der Waals surface area contributed by atoms with Crippen LogP contribution in [0.1, 0.15) is 27.5 Å². The molecular formula is C21H16O2S. The summed E-state index contributed by atoms with van der Waals surface area (Å²) in [6, 6.07) is 20.2. The predicted octanol–water partition coefficient (Wildman–Crippen LogP) is 5.19. The molecule has 0 aliphatic carbocycles. The molecule has 0 bridgehead atoms. The Morgan fingerprint density at radius 2 is 1.71 bits per heavy atom. The summed E-state index contributed by atoms with van der Waals surface area (Å²) in [4.78, 5) is 13.0. The zero-order valence-electron chi connectivity index (χ0n) is 13.2. The normalized spacial score (nSPS) is 16.5. The van der Waals surface area contributed by atoms with Gasteiger partial charge < -0.3 is 4.74 Å². The third-order valence-corrected chi connectivity index (χ3v) is 5.26. The van der Waals surface area contributed by atoms with Crippen molar-refractivity contribution in [3.63, 3.8) is 0 Å². The van der Waals surface area contributed by atoms with Crippen molar-refractivity contribution in [2.75, 3.05) is 0 Å². The van der Waals surface area contributed by atoms with Gasteiger partial charge in [0.05, 0.1) is 4.88 Å². The van der Waals surface area contributed by atoms with Gasteiger partial charge in [0.25, 0.3) is 0 Å². The van der Waals surface area contributed by atoms with Crippen molar-refractivity contribution in [3.8, 4) is 5.75 Å². The van der Waals surface area contributed by atoms with Crippen LogP contribution in [0.15, 0.2) is 71.6 Å². The largest absolute Gasteiger partial charge is 0.455 e. The van der Waals surface area contributed by atoms with Crippen molar-refractivity contribution in [1.29, 1.82) is 0 Å². The minimum Gasteiger partial charge on any atom is -0.455 e. The Balaban J connectivity index is 2.00. The third-order valence-electron chi connectivity index (χ3n) is 4.39. The highest BCUT2D eigenvalue weighted by Gasteiger charge is 2.32.